The smallest absolute Gasteiger partial charge is 0.321 e. The summed E-state index contributed by atoms with van der Waals surface area (Å²) >= 11 is 9.56. The van der Waals surface area contributed by atoms with Crippen molar-refractivity contribution in [3.05, 3.63) is 63.4 Å². The number of hydrogen-bond acceptors (Lipinski definition) is 4. The van der Waals surface area contributed by atoms with Gasteiger partial charge in [0, 0.05) is 39.8 Å². The Morgan fingerprint density at radius 2 is 1.93 bits per heavy atom. The Balaban J connectivity index is 1.35. The molecular formula is C21H20BrClN4O2. The summed E-state index contributed by atoms with van der Waals surface area (Å²) in [5.74, 6) is 1.38. The summed E-state index contributed by atoms with van der Waals surface area (Å²) in [6, 6.07) is 13.2. The van der Waals surface area contributed by atoms with Crippen LogP contribution < -0.4 is 5.32 Å². The van der Waals surface area contributed by atoms with E-state index in [1.807, 2.05) is 43.3 Å². The van der Waals surface area contributed by atoms with Crippen LogP contribution >= 0.6 is 27.5 Å². The average Bonchev–Trinajstić information content (AvgIpc) is 3.21. The minimum atomic E-state index is -0.121. The van der Waals surface area contributed by atoms with Crippen molar-refractivity contribution >= 4 is 39.2 Å². The monoisotopic (exact) mass is 474 g/mol. The number of anilines is 1. The third-order valence-electron chi connectivity index (χ3n) is 5.10. The lowest BCUT2D eigenvalue weighted by molar-refractivity contribution is 0.187. The van der Waals surface area contributed by atoms with Gasteiger partial charge in [-0.05, 0) is 61.7 Å². The van der Waals surface area contributed by atoms with E-state index in [4.69, 9.17) is 16.1 Å². The summed E-state index contributed by atoms with van der Waals surface area (Å²) in [6.07, 6.45) is 1.56. The Kier molecular flexibility index (Phi) is 5.87. The molecule has 2 amide bonds. The van der Waals surface area contributed by atoms with E-state index in [9.17, 15) is 4.79 Å². The molecule has 8 heteroatoms. The highest BCUT2D eigenvalue weighted by molar-refractivity contribution is 9.10. The number of halogens is 2. The Morgan fingerprint density at radius 1 is 1.21 bits per heavy atom. The van der Waals surface area contributed by atoms with Crippen LogP contribution in [0.2, 0.25) is 5.02 Å². The predicted molar refractivity (Wildman–Crippen MR) is 116 cm³/mol. The highest BCUT2D eigenvalue weighted by Crippen LogP contribution is 2.29. The summed E-state index contributed by atoms with van der Waals surface area (Å²) in [6.45, 7) is 3.19. The number of amides is 2. The number of urea groups is 1. The molecule has 1 aromatic heterocycles. The fourth-order valence-electron chi connectivity index (χ4n) is 3.32. The molecule has 0 aliphatic carbocycles. The fraction of sp³-hybridized carbons (Fsp3) is 0.286. The topological polar surface area (TPSA) is 71.3 Å². The maximum atomic E-state index is 12.5. The second kappa shape index (κ2) is 8.55. The van der Waals surface area contributed by atoms with Crippen LogP contribution in [0.1, 0.15) is 30.2 Å². The number of nitrogens with zero attached hydrogens (tertiary/aromatic N) is 3. The molecule has 0 bridgehead atoms. The molecular weight excluding hydrogens is 456 g/mol. The lowest BCUT2D eigenvalue weighted by Crippen LogP contribution is -2.40. The molecule has 0 radical (unpaired) electrons. The predicted octanol–water partition coefficient (Wildman–Crippen LogP) is 5.87. The quantitative estimate of drug-likeness (QED) is 0.514. The van der Waals surface area contributed by atoms with Crippen LogP contribution in [0.3, 0.4) is 0 Å². The zero-order valence-electron chi connectivity index (χ0n) is 15.9. The van der Waals surface area contributed by atoms with Crippen molar-refractivity contribution in [3.63, 3.8) is 0 Å². The molecule has 2 aromatic carbocycles. The number of carbonyl (C=O) groups excluding carboxylic acids is 1. The molecule has 1 saturated heterocycles. The van der Waals surface area contributed by atoms with Crippen LogP contribution in [0.25, 0.3) is 11.4 Å². The second-order valence-electron chi connectivity index (χ2n) is 7.12. The SMILES string of the molecule is Cc1ccc(NC(=O)N2CCC(c3nc(-c4ccc(Br)cc4)no3)CC2)cc1Cl. The van der Waals surface area contributed by atoms with Gasteiger partial charge >= 0.3 is 6.03 Å². The number of likely N-dealkylation sites (tertiary alicyclic amines) is 1. The first-order chi connectivity index (χ1) is 14.0. The standard InChI is InChI=1S/C21H20BrClN4O2/c1-13-2-7-17(12-18(13)23)24-21(28)27-10-8-15(9-11-27)20-25-19(26-29-20)14-3-5-16(22)6-4-14/h2-7,12,15H,8-11H2,1H3,(H,24,28). The average molecular weight is 476 g/mol. The van der Waals surface area contributed by atoms with Gasteiger partial charge in [0.2, 0.25) is 11.7 Å². The third-order valence-corrected chi connectivity index (χ3v) is 6.03. The van der Waals surface area contributed by atoms with Gasteiger partial charge in [-0.25, -0.2) is 4.79 Å². The molecule has 4 rings (SSSR count). The molecule has 0 atom stereocenters. The Hall–Kier alpha value is -2.38. The van der Waals surface area contributed by atoms with E-state index in [1.54, 1.807) is 11.0 Å². The number of carbonyl (C=O) groups is 1. The van der Waals surface area contributed by atoms with Crippen molar-refractivity contribution in [2.24, 2.45) is 0 Å². The van der Waals surface area contributed by atoms with Crippen LogP contribution in [0.15, 0.2) is 51.5 Å². The maximum absolute atomic E-state index is 12.5. The number of hydrogen-bond donors (Lipinski definition) is 1. The van der Waals surface area contributed by atoms with Gasteiger partial charge in [0.15, 0.2) is 0 Å². The van der Waals surface area contributed by atoms with Crippen LogP contribution in [-0.4, -0.2) is 34.2 Å². The molecule has 1 N–H and O–H groups in total. The van der Waals surface area contributed by atoms with Crippen molar-refractivity contribution in [1.29, 1.82) is 0 Å². The fourth-order valence-corrected chi connectivity index (χ4v) is 3.76. The Morgan fingerprint density at radius 3 is 2.62 bits per heavy atom. The Bertz CT molecular complexity index is 1010. The van der Waals surface area contributed by atoms with Crippen molar-refractivity contribution < 1.29 is 9.32 Å². The summed E-state index contributed by atoms with van der Waals surface area (Å²) < 4.78 is 6.50. The number of rotatable bonds is 3. The van der Waals surface area contributed by atoms with E-state index < -0.39 is 0 Å². The minimum Gasteiger partial charge on any atom is -0.339 e. The van der Waals surface area contributed by atoms with E-state index in [2.05, 4.69) is 31.4 Å². The molecule has 6 nitrogen and oxygen atoms in total. The number of aromatic nitrogens is 2. The van der Waals surface area contributed by atoms with Crippen molar-refractivity contribution in [3.8, 4) is 11.4 Å². The molecule has 1 aliphatic heterocycles. The molecule has 0 saturated carbocycles. The van der Waals surface area contributed by atoms with Crippen LogP contribution in [0, 0.1) is 6.92 Å². The summed E-state index contributed by atoms with van der Waals surface area (Å²) in [4.78, 5) is 18.9. The lowest BCUT2D eigenvalue weighted by Gasteiger charge is -2.30. The molecule has 0 spiro atoms. The van der Waals surface area contributed by atoms with Crippen LogP contribution in [-0.2, 0) is 0 Å². The van der Waals surface area contributed by atoms with Crippen LogP contribution in [0.5, 0.6) is 0 Å². The normalized spacial score (nSPS) is 14.8. The van der Waals surface area contributed by atoms with Gasteiger partial charge in [-0.15, -0.1) is 0 Å². The molecule has 2 heterocycles. The highest BCUT2D eigenvalue weighted by Gasteiger charge is 2.27. The Labute approximate surface area is 182 Å². The first kappa shape index (κ1) is 19.9. The number of benzene rings is 2. The van der Waals surface area contributed by atoms with Gasteiger partial charge in [0.1, 0.15) is 0 Å². The van der Waals surface area contributed by atoms with E-state index >= 15 is 0 Å². The zero-order valence-corrected chi connectivity index (χ0v) is 18.2. The lowest BCUT2D eigenvalue weighted by atomic mass is 9.97. The number of piperidine rings is 1. The van der Waals surface area contributed by atoms with Gasteiger partial charge in [-0.3, -0.25) is 0 Å². The molecule has 1 aliphatic rings. The van der Waals surface area contributed by atoms with Gasteiger partial charge < -0.3 is 14.7 Å². The van der Waals surface area contributed by atoms with Crippen molar-refractivity contribution in [2.75, 3.05) is 18.4 Å². The maximum Gasteiger partial charge on any atom is 0.321 e. The first-order valence-electron chi connectivity index (χ1n) is 9.41. The largest absolute Gasteiger partial charge is 0.339 e. The minimum absolute atomic E-state index is 0.121. The van der Waals surface area contributed by atoms with E-state index in [0.717, 1.165) is 28.4 Å². The third kappa shape index (κ3) is 4.62. The second-order valence-corrected chi connectivity index (χ2v) is 8.44. The van der Waals surface area contributed by atoms with Crippen molar-refractivity contribution in [2.45, 2.75) is 25.7 Å². The first-order valence-corrected chi connectivity index (χ1v) is 10.6. The zero-order chi connectivity index (χ0) is 20.4. The highest BCUT2D eigenvalue weighted by atomic mass is 79.9. The molecule has 29 heavy (non-hydrogen) atoms. The van der Waals surface area contributed by atoms with Gasteiger partial charge in [-0.2, -0.15) is 4.98 Å². The van der Waals surface area contributed by atoms with Gasteiger partial charge in [0.05, 0.1) is 0 Å². The summed E-state index contributed by atoms with van der Waals surface area (Å²) in [5.41, 5.74) is 2.59. The van der Waals surface area contributed by atoms with Gasteiger partial charge in [-0.1, -0.05) is 38.8 Å². The van der Waals surface area contributed by atoms with Gasteiger partial charge in [0.25, 0.3) is 0 Å². The summed E-state index contributed by atoms with van der Waals surface area (Å²) in [5, 5.41) is 7.66. The number of nitrogens with one attached hydrogen (secondary N) is 1. The van der Waals surface area contributed by atoms with Crippen molar-refractivity contribution in [1.82, 2.24) is 15.0 Å². The molecule has 3 aromatic rings. The van der Waals surface area contributed by atoms with E-state index in [1.165, 1.54) is 0 Å². The summed E-state index contributed by atoms with van der Waals surface area (Å²) in [7, 11) is 0. The van der Waals surface area contributed by atoms with E-state index in [0.29, 0.717) is 35.5 Å². The number of aryl methyl sites for hydroxylation is 1. The molecule has 0 unspecified atom stereocenters. The molecule has 1 fully saturated rings. The van der Waals surface area contributed by atoms with E-state index in [-0.39, 0.29) is 11.9 Å². The van der Waals surface area contributed by atoms with Crippen LogP contribution in [0.4, 0.5) is 10.5 Å². The molecule has 150 valence electrons.